The molecular formula is C24H27N5O3S. The molecule has 1 aromatic carbocycles. The number of anilines is 1. The fourth-order valence-electron chi connectivity index (χ4n) is 4.42. The molecule has 9 heteroatoms. The summed E-state index contributed by atoms with van der Waals surface area (Å²) in [6.45, 7) is 6.02. The van der Waals surface area contributed by atoms with Crippen molar-refractivity contribution < 1.29 is 14.3 Å². The highest BCUT2D eigenvalue weighted by Gasteiger charge is 2.22. The smallest absolute Gasteiger partial charge is 0.220 e. The standard InChI is InChI=1S/C24H27N5O3S/c1-16(30)28-5-7-29(8-6-28)19-2-3-20(25-14-19)18-11-21-24(33-15-27-21)22(12-18)32-9-4-17-10-23(31)26-13-17/h2-3,11-12,14-15,17H,4-10,13H2,1H3,(H,26,31)/t17-/m1/s1. The summed E-state index contributed by atoms with van der Waals surface area (Å²) in [5.74, 6) is 1.41. The molecule has 2 aliphatic heterocycles. The second-order valence-corrected chi connectivity index (χ2v) is 9.44. The number of rotatable bonds is 6. The second-order valence-electron chi connectivity index (χ2n) is 8.58. The van der Waals surface area contributed by atoms with Crippen LogP contribution in [0.15, 0.2) is 36.0 Å². The minimum absolute atomic E-state index is 0.127. The van der Waals surface area contributed by atoms with Gasteiger partial charge < -0.3 is 19.9 Å². The summed E-state index contributed by atoms with van der Waals surface area (Å²) < 4.78 is 7.18. The zero-order chi connectivity index (χ0) is 22.8. The monoisotopic (exact) mass is 465 g/mol. The highest BCUT2D eigenvalue weighted by atomic mass is 32.1. The van der Waals surface area contributed by atoms with E-state index in [-0.39, 0.29) is 11.8 Å². The minimum atomic E-state index is 0.127. The Hall–Kier alpha value is -3.20. The first-order valence-corrected chi connectivity index (χ1v) is 12.2. The molecule has 0 spiro atoms. The number of amides is 2. The zero-order valence-corrected chi connectivity index (χ0v) is 19.4. The number of carbonyl (C=O) groups is 2. The maximum atomic E-state index is 11.6. The molecule has 0 bridgehead atoms. The van der Waals surface area contributed by atoms with Crippen molar-refractivity contribution in [3.05, 3.63) is 36.0 Å². The van der Waals surface area contributed by atoms with Crippen LogP contribution in [-0.4, -0.2) is 66.0 Å². The molecule has 33 heavy (non-hydrogen) atoms. The molecule has 2 saturated heterocycles. The summed E-state index contributed by atoms with van der Waals surface area (Å²) in [4.78, 5) is 36.3. The molecule has 4 heterocycles. The fraction of sp³-hybridized carbons (Fsp3) is 0.417. The number of benzene rings is 1. The van der Waals surface area contributed by atoms with E-state index in [0.29, 0.717) is 18.9 Å². The molecule has 2 aliphatic rings. The molecule has 0 unspecified atom stereocenters. The van der Waals surface area contributed by atoms with Crippen molar-refractivity contribution in [1.29, 1.82) is 0 Å². The van der Waals surface area contributed by atoms with Crippen LogP contribution >= 0.6 is 11.3 Å². The molecule has 172 valence electrons. The highest BCUT2D eigenvalue weighted by Crippen LogP contribution is 2.34. The fourth-order valence-corrected chi connectivity index (χ4v) is 5.16. The lowest BCUT2D eigenvalue weighted by Crippen LogP contribution is -2.48. The first-order valence-electron chi connectivity index (χ1n) is 11.3. The molecular weight excluding hydrogens is 438 g/mol. The number of hydrogen-bond acceptors (Lipinski definition) is 7. The van der Waals surface area contributed by atoms with Crippen molar-refractivity contribution in [3.63, 3.8) is 0 Å². The molecule has 0 aliphatic carbocycles. The van der Waals surface area contributed by atoms with Crippen LogP contribution in [0, 0.1) is 5.92 Å². The predicted octanol–water partition coefficient (Wildman–Crippen LogP) is 2.93. The lowest BCUT2D eigenvalue weighted by atomic mass is 10.1. The maximum absolute atomic E-state index is 11.6. The van der Waals surface area contributed by atoms with E-state index in [1.807, 2.05) is 34.8 Å². The van der Waals surface area contributed by atoms with E-state index in [2.05, 4.69) is 21.3 Å². The largest absolute Gasteiger partial charge is 0.492 e. The number of pyridine rings is 1. The van der Waals surface area contributed by atoms with Gasteiger partial charge in [-0.05, 0) is 36.6 Å². The Morgan fingerprint density at radius 3 is 2.76 bits per heavy atom. The second kappa shape index (κ2) is 9.35. The lowest BCUT2D eigenvalue weighted by molar-refractivity contribution is -0.129. The van der Waals surface area contributed by atoms with E-state index in [9.17, 15) is 9.59 Å². The van der Waals surface area contributed by atoms with Crippen molar-refractivity contribution in [3.8, 4) is 17.0 Å². The molecule has 2 amide bonds. The quantitative estimate of drug-likeness (QED) is 0.602. The van der Waals surface area contributed by atoms with Crippen molar-refractivity contribution in [2.24, 2.45) is 5.92 Å². The van der Waals surface area contributed by atoms with Gasteiger partial charge in [-0.1, -0.05) is 0 Å². The van der Waals surface area contributed by atoms with Gasteiger partial charge in [0.2, 0.25) is 11.8 Å². The zero-order valence-electron chi connectivity index (χ0n) is 18.6. The van der Waals surface area contributed by atoms with Crippen LogP contribution in [0.2, 0.25) is 0 Å². The molecule has 1 atom stereocenters. The Morgan fingerprint density at radius 2 is 2.06 bits per heavy atom. The van der Waals surface area contributed by atoms with E-state index >= 15 is 0 Å². The van der Waals surface area contributed by atoms with Gasteiger partial charge in [-0.15, -0.1) is 11.3 Å². The summed E-state index contributed by atoms with van der Waals surface area (Å²) in [5, 5.41) is 2.88. The summed E-state index contributed by atoms with van der Waals surface area (Å²) >= 11 is 1.57. The Labute approximate surface area is 196 Å². The predicted molar refractivity (Wildman–Crippen MR) is 129 cm³/mol. The van der Waals surface area contributed by atoms with Crippen molar-refractivity contribution in [2.75, 3.05) is 44.2 Å². The third-order valence-corrected chi connectivity index (χ3v) is 7.23. The Kier molecular flexibility index (Phi) is 6.13. The van der Waals surface area contributed by atoms with Gasteiger partial charge in [0.05, 0.1) is 39.9 Å². The summed E-state index contributed by atoms with van der Waals surface area (Å²) in [7, 11) is 0. The first-order chi connectivity index (χ1) is 16.1. The number of nitrogens with one attached hydrogen (secondary N) is 1. The van der Waals surface area contributed by atoms with Crippen LogP contribution in [0.4, 0.5) is 5.69 Å². The number of thiazole rings is 1. The Balaban J connectivity index is 1.29. The van der Waals surface area contributed by atoms with Gasteiger partial charge in [0, 0.05) is 51.6 Å². The highest BCUT2D eigenvalue weighted by molar-refractivity contribution is 7.17. The van der Waals surface area contributed by atoms with Gasteiger partial charge in [0.25, 0.3) is 0 Å². The summed E-state index contributed by atoms with van der Waals surface area (Å²) in [6, 6.07) is 8.19. The van der Waals surface area contributed by atoms with Crippen LogP contribution in [0.3, 0.4) is 0 Å². The van der Waals surface area contributed by atoms with Crippen LogP contribution < -0.4 is 15.0 Å². The normalized spacial score (nSPS) is 18.6. The molecule has 2 aromatic heterocycles. The molecule has 0 saturated carbocycles. The first kappa shape index (κ1) is 21.6. The average molecular weight is 466 g/mol. The number of aromatic nitrogens is 2. The minimum Gasteiger partial charge on any atom is -0.492 e. The van der Waals surface area contributed by atoms with Crippen LogP contribution in [0.5, 0.6) is 5.75 Å². The van der Waals surface area contributed by atoms with E-state index in [4.69, 9.17) is 9.72 Å². The third-order valence-electron chi connectivity index (χ3n) is 6.38. The SMILES string of the molecule is CC(=O)N1CCN(c2ccc(-c3cc(OCC[C@H]4CNC(=O)C4)c4scnc4c3)nc2)CC1. The van der Waals surface area contributed by atoms with Gasteiger partial charge in [-0.2, -0.15) is 0 Å². The Bertz CT molecular complexity index is 1150. The van der Waals surface area contributed by atoms with Gasteiger partial charge >= 0.3 is 0 Å². The molecule has 0 radical (unpaired) electrons. The van der Waals surface area contributed by atoms with Gasteiger partial charge in [-0.3, -0.25) is 14.6 Å². The van der Waals surface area contributed by atoms with E-state index < -0.39 is 0 Å². The Morgan fingerprint density at radius 1 is 1.21 bits per heavy atom. The number of fused-ring (bicyclic) bond motifs is 1. The van der Waals surface area contributed by atoms with E-state index in [1.54, 1.807) is 18.3 Å². The van der Waals surface area contributed by atoms with Gasteiger partial charge in [-0.25, -0.2) is 4.98 Å². The summed E-state index contributed by atoms with van der Waals surface area (Å²) in [5.41, 5.74) is 5.63. The molecule has 2 fully saturated rings. The van der Waals surface area contributed by atoms with Crippen LogP contribution in [0.1, 0.15) is 19.8 Å². The molecule has 1 N–H and O–H groups in total. The molecule has 5 rings (SSSR count). The number of ether oxygens (including phenoxy) is 1. The van der Waals surface area contributed by atoms with Gasteiger partial charge in [0.15, 0.2) is 0 Å². The van der Waals surface area contributed by atoms with Crippen LogP contribution in [0.25, 0.3) is 21.5 Å². The number of piperazine rings is 1. The van der Waals surface area contributed by atoms with E-state index in [0.717, 1.165) is 72.1 Å². The summed E-state index contributed by atoms with van der Waals surface area (Å²) in [6.07, 6.45) is 3.32. The number of hydrogen-bond donors (Lipinski definition) is 1. The molecule has 3 aromatic rings. The third kappa shape index (κ3) is 4.78. The number of nitrogens with zero attached hydrogens (tertiary/aromatic N) is 4. The molecule has 8 nitrogen and oxygen atoms in total. The van der Waals surface area contributed by atoms with Crippen molar-refractivity contribution in [1.82, 2.24) is 20.2 Å². The lowest BCUT2D eigenvalue weighted by Gasteiger charge is -2.35. The van der Waals surface area contributed by atoms with E-state index in [1.165, 1.54) is 0 Å². The van der Waals surface area contributed by atoms with Gasteiger partial charge in [0.1, 0.15) is 5.75 Å². The number of carbonyl (C=O) groups excluding carboxylic acids is 2. The topological polar surface area (TPSA) is 87.7 Å². The van der Waals surface area contributed by atoms with Crippen molar-refractivity contribution >= 4 is 39.1 Å². The maximum Gasteiger partial charge on any atom is 0.220 e. The van der Waals surface area contributed by atoms with Crippen molar-refractivity contribution in [2.45, 2.75) is 19.8 Å². The average Bonchev–Trinajstić information content (AvgIpc) is 3.48. The van der Waals surface area contributed by atoms with Crippen LogP contribution in [-0.2, 0) is 9.59 Å².